The predicted molar refractivity (Wildman–Crippen MR) is 58.0 cm³/mol. The zero-order chi connectivity index (χ0) is 11.4. The van der Waals surface area contributed by atoms with Crippen molar-refractivity contribution in [1.29, 1.82) is 0 Å². The molecule has 0 atom stereocenters. The van der Waals surface area contributed by atoms with E-state index in [0.29, 0.717) is 11.7 Å². The van der Waals surface area contributed by atoms with E-state index in [9.17, 15) is 4.39 Å². The van der Waals surface area contributed by atoms with Gasteiger partial charge in [-0.25, -0.2) is 4.39 Å². The van der Waals surface area contributed by atoms with Gasteiger partial charge in [0, 0.05) is 18.1 Å². The second kappa shape index (κ2) is 4.84. The number of nitrogens with one attached hydrogen (secondary N) is 1. The van der Waals surface area contributed by atoms with Crippen LogP contribution in [0, 0.1) is 5.82 Å². The molecule has 1 aromatic carbocycles. The standard InChI is InChI=1S/C9H9FN4OS/c1-15-8-3-2-6(4-7(8)10)5-11-9-12-13-14-16-9/h2-4H,5H2,1H3,(H,11,12,14). The van der Waals surface area contributed by atoms with Gasteiger partial charge in [0.25, 0.3) is 0 Å². The molecule has 1 N–H and O–H groups in total. The van der Waals surface area contributed by atoms with Gasteiger partial charge in [-0.15, -0.1) is 0 Å². The number of benzene rings is 1. The number of hydrogen-bond acceptors (Lipinski definition) is 6. The van der Waals surface area contributed by atoms with Crippen LogP contribution < -0.4 is 10.1 Å². The van der Waals surface area contributed by atoms with Crippen molar-refractivity contribution in [3.8, 4) is 5.75 Å². The molecule has 2 rings (SSSR count). The second-order valence-electron chi connectivity index (χ2n) is 2.99. The fraction of sp³-hybridized carbons (Fsp3) is 0.222. The van der Waals surface area contributed by atoms with Crippen LogP contribution in [0.5, 0.6) is 5.75 Å². The predicted octanol–water partition coefficient (Wildman–Crippen LogP) is 1.69. The summed E-state index contributed by atoms with van der Waals surface area (Å²) >= 11 is 1.15. The number of anilines is 1. The number of methoxy groups -OCH3 is 1. The van der Waals surface area contributed by atoms with E-state index in [1.54, 1.807) is 12.1 Å². The van der Waals surface area contributed by atoms with Crippen LogP contribution in [0.1, 0.15) is 5.56 Å². The smallest absolute Gasteiger partial charge is 0.225 e. The lowest BCUT2D eigenvalue weighted by atomic mass is 10.2. The number of nitrogens with zero attached hydrogens (tertiary/aromatic N) is 3. The largest absolute Gasteiger partial charge is 0.494 e. The zero-order valence-electron chi connectivity index (χ0n) is 8.48. The van der Waals surface area contributed by atoms with Crippen molar-refractivity contribution in [2.24, 2.45) is 0 Å². The normalized spacial score (nSPS) is 10.1. The number of halogens is 1. The van der Waals surface area contributed by atoms with Gasteiger partial charge in [0.15, 0.2) is 11.6 Å². The van der Waals surface area contributed by atoms with E-state index in [0.717, 1.165) is 17.1 Å². The van der Waals surface area contributed by atoms with Gasteiger partial charge in [-0.2, -0.15) is 0 Å². The summed E-state index contributed by atoms with van der Waals surface area (Å²) in [4.78, 5) is 0. The summed E-state index contributed by atoms with van der Waals surface area (Å²) < 4.78 is 21.8. The van der Waals surface area contributed by atoms with E-state index in [1.807, 2.05) is 0 Å². The van der Waals surface area contributed by atoms with Gasteiger partial charge in [-0.05, 0) is 22.9 Å². The Kier molecular flexibility index (Phi) is 3.25. The zero-order valence-corrected chi connectivity index (χ0v) is 9.29. The maximum Gasteiger partial charge on any atom is 0.225 e. The third kappa shape index (κ3) is 2.43. The molecule has 16 heavy (non-hydrogen) atoms. The average molecular weight is 240 g/mol. The Morgan fingerprint density at radius 2 is 2.38 bits per heavy atom. The first-order valence-electron chi connectivity index (χ1n) is 4.51. The van der Waals surface area contributed by atoms with Gasteiger partial charge in [-0.3, -0.25) is 0 Å². The lowest BCUT2D eigenvalue weighted by molar-refractivity contribution is 0.386. The van der Waals surface area contributed by atoms with Crippen molar-refractivity contribution in [2.45, 2.75) is 6.54 Å². The Labute approximate surface area is 95.4 Å². The van der Waals surface area contributed by atoms with Crippen molar-refractivity contribution in [2.75, 3.05) is 12.4 Å². The van der Waals surface area contributed by atoms with E-state index in [-0.39, 0.29) is 11.6 Å². The van der Waals surface area contributed by atoms with Crippen molar-refractivity contribution in [3.63, 3.8) is 0 Å². The summed E-state index contributed by atoms with van der Waals surface area (Å²) in [6, 6.07) is 4.79. The van der Waals surface area contributed by atoms with Crippen LogP contribution in [0.2, 0.25) is 0 Å². The van der Waals surface area contributed by atoms with Crippen molar-refractivity contribution >= 4 is 16.7 Å². The molecule has 0 aliphatic rings. The number of hydrogen-bond donors (Lipinski definition) is 1. The van der Waals surface area contributed by atoms with E-state index >= 15 is 0 Å². The molecular weight excluding hydrogens is 231 g/mol. The van der Waals surface area contributed by atoms with Crippen LogP contribution in [-0.2, 0) is 6.54 Å². The highest BCUT2D eigenvalue weighted by molar-refractivity contribution is 7.09. The minimum absolute atomic E-state index is 0.237. The van der Waals surface area contributed by atoms with E-state index in [4.69, 9.17) is 4.74 Å². The molecule has 0 unspecified atom stereocenters. The summed E-state index contributed by atoms with van der Waals surface area (Å²) in [6.07, 6.45) is 0. The lowest BCUT2D eigenvalue weighted by Crippen LogP contribution is -2.00. The third-order valence-corrected chi connectivity index (χ3v) is 2.51. The number of ether oxygens (including phenoxy) is 1. The van der Waals surface area contributed by atoms with Gasteiger partial charge < -0.3 is 10.1 Å². The molecule has 0 radical (unpaired) electrons. The highest BCUT2D eigenvalue weighted by Crippen LogP contribution is 2.18. The van der Waals surface area contributed by atoms with Crippen molar-refractivity contribution in [3.05, 3.63) is 29.6 Å². The van der Waals surface area contributed by atoms with Gasteiger partial charge in [0.1, 0.15) is 0 Å². The fourth-order valence-electron chi connectivity index (χ4n) is 1.20. The quantitative estimate of drug-likeness (QED) is 0.881. The topological polar surface area (TPSA) is 59.9 Å². The SMILES string of the molecule is COc1ccc(CNc2nnns2)cc1F. The van der Waals surface area contributed by atoms with Crippen molar-refractivity contribution < 1.29 is 9.13 Å². The van der Waals surface area contributed by atoms with Crippen LogP contribution >= 0.6 is 11.5 Å². The Balaban J connectivity index is 2.02. The minimum Gasteiger partial charge on any atom is -0.494 e. The Bertz CT molecular complexity index is 463. The van der Waals surface area contributed by atoms with Crippen LogP contribution in [0.3, 0.4) is 0 Å². The summed E-state index contributed by atoms with van der Waals surface area (Å²) in [5, 5.41) is 10.7. The molecule has 0 saturated carbocycles. The molecular formula is C9H9FN4OS. The molecule has 5 nitrogen and oxygen atoms in total. The molecule has 0 saturated heterocycles. The molecule has 0 amide bonds. The molecule has 1 aromatic heterocycles. The van der Waals surface area contributed by atoms with Crippen molar-refractivity contribution in [1.82, 2.24) is 14.8 Å². The van der Waals surface area contributed by atoms with Crippen LogP contribution in [0.25, 0.3) is 0 Å². The molecule has 7 heteroatoms. The first-order chi connectivity index (χ1) is 7.79. The lowest BCUT2D eigenvalue weighted by Gasteiger charge is -2.05. The van der Waals surface area contributed by atoms with Gasteiger partial charge in [0.05, 0.1) is 7.11 Å². The first kappa shape index (κ1) is 10.7. The van der Waals surface area contributed by atoms with Crippen LogP contribution in [0.15, 0.2) is 18.2 Å². The Morgan fingerprint density at radius 1 is 1.50 bits per heavy atom. The molecule has 84 valence electrons. The Morgan fingerprint density at radius 3 is 3.00 bits per heavy atom. The maximum atomic E-state index is 13.3. The molecule has 2 aromatic rings. The summed E-state index contributed by atoms with van der Waals surface area (Å²) in [6.45, 7) is 0.470. The molecule has 0 aliphatic heterocycles. The average Bonchev–Trinajstić information content (AvgIpc) is 2.79. The van der Waals surface area contributed by atoms with E-state index in [1.165, 1.54) is 13.2 Å². The van der Waals surface area contributed by atoms with Gasteiger partial charge >= 0.3 is 0 Å². The van der Waals surface area contributed by atoms with Gasteiger partial charge in [-0.1, -0.05) is 15.7 Å². The molecule has 0 spiro atoms. The number of rotatable bonds is 4. The maximum absolute atomic E-state index is 13.3. The highest BCUT2D eigenvalue weighted by Gasteiger charge is 2.04. The molecule has 0 aliphatic carbocycles. The highest BCUT2D eigenvalue weighted by atomic mass is 32.1. The molecule has 0 fully saturated rings. The van der Waals surface area contributed by atoms with Gasteiger partial charge in [0.2, 0.25) is 5.13 Å². The monoisotopic (exact) mass is 240 g/mol. The molecule has 0 bridgehead atoms. The second-order valence-corrected chi connectivity index (χ2v) is 3.72. The Hall–Kier alpha value is -1.76. The fourth-order valence-corrected chi connectivity index (χ4v) is 1.56. The first-order valence-corrected chi connectivity index (χ1v) is 5.28. The number of aromatic nitrogens is 3. The molecule has 1 heterocycles. The van der Waals surface area contributed by atoms with E-state index in [2.05, 4.69) is 20.1 Å². The summed E-state index contributed by atoms with van der Waals surface area (Å²) in [5.41, 5.74) is 0.800. The summed E-state index contributed by atoms with van der Waals surface area (Å²) in [5.74, 6) is -0.140. The summed E-state index contributed by atoms with van der Waals surface area (Å²) in [7, 11) is 1.43. The van der Waals surface area contributed by atoms with Crippen LogP contribution in [0.4, 0.5) is 9.52 Å². The minimum atomic E-state index is -0.378. The third-order valence-electron chi connectivity index (χ3n) is 1.96. The van der Waals surface area contributed by atoms with E-state index < -0.39 is 0 Å². The van der Waals surface area contributed by atoms with Crippen LogP contribution in [-0.4, -0.2) is 21.9 Å².